The molecule has 28 heavy (non-hydrogen) atoms. The second-order valence-electron chi connectivity index (χ2n) is 6.06. The largest absolute Gasteiger partial charge is 0.486 e. The standard InChI is InChI=1S/C20H21BrN4O2S/c1-3-25-18(12-27-15-10-8-14(2)9-11-15)23-24-20(25)28-13-19(26)22-17-7-5-4-6-16(17)21/h4-11H,3,12-13H2,1-2H3,(H,22,26). The van der Waals surface area contributed by atoms with E-state index in [0.717, 1.165) is 21.7 Å². The number of aryl methyl sites for hydroxylation is 1. The number of carbonyl (C=O) groups excluding carboxylic acids is 1. The van der Waals surface area contributed by atoms with Crippen LogP contribution in [0.15, 0.2) is 58.2 Å². The van der Waals surface area contributed by atoms with Crippen LogP contribution in [0, 0.1) is 6.92 Å². The van der Waals surface area contributed by atoms with E-state index in [9.17, 15) is 4.79 Å². The molecule has 1 N–H and O–H groups in total. The third-order valence-corrected chi connectivity index (χ3v) is 5.64. The van der Waals surface area contributed by atoms with Crippen molar-refractivity contribution in [3.63, 3.8) is 0 Å². The summed E-state index contributed by atoms with van der Waals surface area (Å²) in [5, 5.41) is 12.0. The number of hydrogen-bond donors (Lipinski definition) is 1. The van der Waals surface area contributed by atoms with E-state index < -0.39 is 0 Å². The van der Waals surface area contributed by atoms with E-state index in [1.54, 1.807) is 0 Å². The number of nitrogens with one attached hydrogen (secondary N) is 1. The van der Waals surface area contributed by atoms with E-state index in [1.165, 1.54) is 17.3 Å². The van der Waals surface area contributed by atoms with E-state index in [2.05, 4.69) is 31.4 Å². The molecule has 1 aromatic heterocycles. The van der Waals surface area contributed by atoms with Gasteiger partial charge in [0.05, 0.1) is 11.4 Å². The second-order valence-corrected chi connectivity index (χ2v) is 7.86. The lowest BCUT2D eigenvalue weighted by atomic mass is 10.2. The number of carbonyl (C=O) groups is 1. The fourth-order valence-electron chi connectivity index (χ4n) is 2.51. The Morgan fingerprint density at radius 3 is 2.64 bits per heavy atom. The fraction of sp³-hybridized carbons (Fsp3) is 0.250. The first kappa shape index (κ1) is 20.4. The first-order valence-corrected chi connectivity index (χ1v) is 10.6. The molecular weight excluding hydrogens is 440 g/mol. The molecule has 1 amide bonds. The van der Waals surface area contributed by atoms with Gasteiger partial charge in [-0.1, -0.05) is 41.6 Å². The third kappa shape index (κ3) is 5.36. The molecule has 1 heterocycles. The Bertz CT molecular complexity index is 944. The third-order valence-electron chi connectivity index (χ3n) is 3.98. The Kier molecular flexibility index (Phi) is 7.11. The molecule has 146 valence electrons. The molecule has 0 saturated carbocycles. The smallest absolute Gasteiger partial charge is 0.234 e. The number of para-hydroxylation sites is 1. The lowest BCUT2D eigenvalue weighted by molar-refractivity contribution is -0.113. The Morgan fingerprint density at radius 2 is 1.93 bits per heavy atom. The molecule has 3 rings (SSSR count). The van der Waals surface area contributed by atoms with Gasteiger partial charge >= 0.3 is 0 Å². The second kappa shape index (κ2) is 9.75. The lowest BCUT2D eigenvalue weighted by Gasteiger charge is -2.09. The maximum absolute atomic E-state index is 12.2. The zero-order valence-corrected chi connectivity index (χ0v) is 18.1. The van der Waals surface area contributed by atoms with E-state index in [1.807, 2.05) is 66.9 Å². The van der Waals surface area contributed by atoms with Crippen molar-refractivity contribution < 1.29 is 9.53 Å². The van der Waals surface area contributed by atoms with Gasteiger partial charge in [-0.25, -0.2) is 0 Å². The van der Waals surface area contributed by atoms with Gasteiger partial charge in [0.15, 0.2) is 11.0 Å². The van der Waals surface area contributed by atoms with Crippen LogP contribution in [0.25, 0.3) is 0 Å². The van der Waals surface area contributed by atoms with Crippen molar-refractivity contribution in [3.8, 4) is 5.75 Å². The van der Waals surface area contributed by atoms with Crippen LogP contribution in [0.1, 0.15) is 18.3 Å². The molecule has 0 saturated heterocycles. The predicted octanol–water partition coefficient (Wildman–Crippen LogP) is 4.68. The summed E-state index contributed by atoms with van der Waals surface area (Å²) in [4.78, 5) is 12.2. The Morgan fingerprint density at radius 1 is 1.18 bits per heavy atom. The van der Waals surface area contributed by atoms with Crippen molar-refractivity contribution in [1.82, 2.24) is 14.8 Å². The number of anilines is 1. The molecule has 0 unspecified atom stereocenters. The number of aromatic nitrogens is 3. The average Bonchev–Trinajstić information content (AvgIpc) is 3.09. The number of halogens is 1. The quantitative estimate of drug-likeness (QED) is 0.494. The van der Waals surface area contributed by atoms with E-state index in [-0.39, 0.29) is 11.7 Å². The summed E-state index contributed by atoms with van der Waals surface area (Å²) in [5.74, 6) is 1.67. The zero-order valence-electron chi connectivity index (χ0n) is 15.7. The SMILES string of the molecule is CCn1c(COc2ccc(C)cc2)nnc1SCC(=O)Nc1ccccc1Br. The minimum Gasteiger partial charge on any atom is -0.486 e. The Labute approximate surface area is 176 Å². The number of benzene rings is 2. The summed E-state index contributed by atoms with van der Waals surface area (Å²) in [6.07, 6.45) is 0. The summed E-state index contributed by atoms with van der Waals surface area (Å²) < 4.78 is 8.61. The topological polar surface area (TPSA) is 69.0 Å². The van der Waals surface area contributed by atoms with Crippen LogP contribution in [-0.4, -0.2) is 26.4 Å². The number of amides is 1. The molecule has 0 radical (unpaired) electrons. The van der Waals surface area contributed by atoms with Crippen molar-refractivity contribution in [3.05, 3.63) is 64.4 Å². The minimum absolute atomic E-state index is 0.0972. The molecule has 2 aromatic carbocycles. The maximum Gasteiger partial charge on any atom is 0.234 e. The molecule has 0 fully saturated rings. The molecule has 0 aliphatic heterocycles. The van der Waals surface area contributed by atoms with Gasteiger partial charge in [0.1, 0.15) is 12.4 Å². The molecule has 0 aliphatic rings. The zero-order chi connectivity index (χ0) is 19.9. The molecule has 6 nitrogen and oxygen atoms in total. The molecular formula is C20H21BrN4O2S. The van der Waals surface area contributed by atoms with Crippen molar-refractivity contribution in [1.29, 1.82) is 0 Å². The van der Waals surface area contributed by atoms with Crippen molar-refractivity contribution in [2.75, 3.05) is 11.1 Å². The van der Waals surface area contributed by atoms with Gasteiger partial charge in [0, 0.05) is 11.0 Å². The monoisotopic (exact) mass is 460 g/mol. The highest BCUT2D eigenvalue weighted by atomic mass is 79.9. The lowest BCUT2D eigenvalue weighted by Crippen LogP contribution is -2.15. The summed E-state index contributed by atoms with van der Waals surface area (Å²) in [6.45, 7) is 5.08. The van der Waals surface area contributed by atoms with Gasteiger partial charge in [-0.2, -0.15) is 0 Å². The van der Waals surface area contributed by atoms with Gasteiger partial charge in [-0.05, 0) is 54.0 Å². The van der Waals surface area contributed by atoms with Crippen molar-refractivity contribution >= 4 is 39.3 Å². The number of ether oxygens (including phenoxy) is 1. The number of rotatable bonds is 8. The van der Waals surface area contributed by atoms with E-state index >= 15 is 0 Å². The fourth-order valence-corrected chi connectivity index (χ4v) is 3.72. The maximum atomic E-state index is 12.2. The van der Waals surface area contributed by atoms with Crippen LogP contribution in [0.3, 0.4) is 0 Å². The predicted molar refractivity (Wildman–Crippen MR) is 115 cm³/mol. The van der Waals surface area contributed by atoms with Crippen LogP contribution in [-0.2, 0) is 17.9 Å². The summed E-state index contributed by atoms with van der Waals surface area (Å²) in [7, 11) is 0. The van der Waals surface area contributed by atoms with Crippen LogP contribution < -0.4 is 10.1 Å². The highest BCUT2D eigenvalue weighted by Crippen LogP contribution is 2.23. The summed E-state index contributed by atoms with van der Waals surface area (Å²) in [6, 6.07) is 15.4. The number of hydrogen-bond acceptors (Lipinski definition) is 5. The summed E-state index contributed by atoms with van der Waals surface area (Å²) >= 11 is 4.78. The van der Waals surface area contributed by atoms with Gasteiger partial charge < -0.3 is 14.6 Å². The Balaban J connectivity index is 1.58. The van der Waals surface area contributed by atoms with Gasteiger partial charge in [0.25, 0.3) is 0 Å². The van der Waals surface area contributed by atoms with E-state index in [0.29, 0.717) is 18.3 Å². The van der Waals surface area contributed by atoms with Gasteiger partial charge in [-0.15, -0.1) is 10.2 Å². The van der Waals surface area contributed by atoms with Crippen LogP contribution in [0.4, 0.5) is 5.69 Å². The van der Waals surface area contributed by atoms with Crippen LogP contribution in [0.2, 0.25) is 0 Å². The molecule has 3 aromatic rings. The number of thioether (sulfide) groups is 1. The first-order chi connectivity index (χ1) is 13.6. The van der Waals surface area contributed by atoms with Gasteiger partial charge in [-0.3, -0.25) is 4.79 Å². The molecule has 8 heteroatoms. The molecule has 0 atom stereocenters. The van der Waals surface area contributed by atoms with Crippen LogP contribution in [0.5, 0.6) is 5.75 Å². The molecule has 0 spiro atoms. The highest BCUT2D eigenvalue weighted by molar-refractivity contribution is 9.10. The minimum atomic E-state index is -0.0972. The average molecular weight is 461 g/mol. The first-order valence-electron chi connectivity index (χ1n) is 8.85. The Hall–Kier alpha value is -2.32. The molecule has 0 bridgehead atoms. The van der Waals surface area contributed by atoms with Crippen LogP contribution >= 0.6 is 27.7 Å². The van der Waals surface area contributed by atoms with E-state index in [4.69, 9.17) is 4.74 Å². The highest BCUT2D eigenvalue weighted by Gasteiger charge is 2.14. The molecule has 0 aliphatic carbocycles. The van der Waals surface area contributed by atoms with Gasteiger partial charge in [0.2, 0.25) is 5.91 Å². The van der Waals surface area contributed by atoms with Crippen molar-refractivity contribution in [2.24, 2.45) is 0 Å². The normalized spacial score (nSPS) is 10.7. The van der Waals surface area contributed by atoms with Crippen molar-refractivity contribution in [2.45, 2.75) is 32.2 Å². The number of nitrogens with zero attached hydrogens (tertiary/aromatic N) is 3. The summed E-state index contributed by atoms with van der Waals surface area (Å²) in [5.41, 5.74) is 1.93.